The molecule has 7 heteroatoms. The Hall–Kier alpha value is -1.73. The van der Waals surface area contributed by atoms with Crippen molar-refractivity contribution in [2.75, 3.05) is 19.3 Å². The zero-order valence-corrected chi connectivity index (χ0v) is 15.3. The minimum atomic E-state index is -0.995. The maximum atomic E-state index is 12.1. The first-order chi connectivity index (χ1) is 11.1. The van der Waals surface area contributed by atoms with E-state index in [2.05, 4.69) is 20.6 Å². The fourth-order valence-corrected chi connectivity index (χ4v) is 3.94. The molecule has 0 amide bonds. The van der Waals surface area contributed by atoms with Gasteiger partial charge in [-0.05, 0) is 26.0 Å². The van der Waals surface area contributed by atoms with Crippen LogP contribution in [0, 0.1) is 13.8 Å². The number of nitrogens with one attached hydrogen (secondary N) is 2. The molecular weight excluding hydrogens is 328 g/mol. The molecule has 0 spiro atoms. The van der Waals surface area contributed by atoms with Crippen LogP contribution in [0.4, 0.5) is 0 Å². The standard InChI is InChI=1S/C16H22N4OS2/c1-12-15(22-13(2)20-12)11-19-16(17-3)18-9-10-23(21)14-7-5-4-6-8-14/h4-8H,9-11H2,1-3H3,(H2,17,18,19). The molecule has 0 aliphatic heterocycles. The SMILES string of the molecule is CN=C(NCCS(=O)c1ccccc1)NCc1sc(C)nc1C. The Morgan fingerprint density at radius 3 is 2.61 bits per heavy atom. The summed E-state index contributed by atoms with van der Waals surface area (Å²) in [6.45, 7) is 5.31. The van der Waals surface area contributed by atoms with Crippen molar-refractivity contribution >= 4 is 28.1 Å². The average molecular weight is 351 g/mol. The van der Waals surface area contributed by atoms with Crippen LogP contribution in [0.15, 0.2) is 40.2 Å². The van der Waals surface area contributed by atoms with Crippen LogP contribution in [0.1, 0.15) is 15.6 Å². The van der Waals surface area contributed by atoms with E-state index in [0.29, 0.717) is 24.8 Å². The molecule has 1 atom stereocenters. The Morgan fingerprint density at radius 2 is 2.00 bits per heavy atom. The zero-order valence-electron chi connectivity index (χ0n) is 13.6. The van der Waals surface area contributed by atoms with E-state index in [0.717, 1.165) is 15.6 Å². The molecule has 2 aromatic rings. The number of hydrogen-bond acceptors (Lipinski definition) is 4. The van der Waals surface area contributed by atoms with Gasteiger partial charge in [0.15, 0.2) is 5.96 Å². The van der Waals surface area contributed by atoms with Gasteiger partial charge in [0.1, 0.15) is 0 Å². The maximum absolute atomic E-state index is 12.1. The van der Waals surface area contributed by atoms with Gasteiger partial charge < -0.3 is 10.6 Å². The smallest absolute Gasteiger partial charge is 0.191 e. The van der Waals surface area contributed by atoms with Gasteiger partial charge in [-0.1, -0.05) is 18.2 Å². The van der Waals surface area contributed by atoms with Crippen LogP contribution in [0.3, 0.4) is 0 Å². The highest BCUT2D eigenvalue weighted by Gasteiger charge is 2.07. The van der Waals surface area contributed by atoms with Gasteiger partial charge in [0, 0.05) is 29.1 Å². The largest absolute Gasteiger partial charge is 0.355 e. The van der Waals surface area contributed by atoms with Crippen LogP contribution < -0.4 is 10.6 Å². The van der Waals surface area contributed by atoms with Crippen molar-refractivity contribution in [3.63, 3.8) is 0 Å². The normalized spacial score (nSPS) is 12.9. The summed E-state index contributed by atoms with van der Waals surface area (Å²) in [4.78, 5) is 10.7. The lowest BCUT2D eigenvalue weighted by Gasteiger charge is -2.11. The number of nitrogens with zero attached hydrogens (tertiary/aromatic N) is 2. The Kier molecular flexibility index (Phi) is 6.73. The van der Waals surface area contributed by atoms with Gasteiger partial charge in [-0.2, -0.15) is 0 Å². The van der Waals surface area contributed by atoms with Crippen molar-refractivity contribution in [2.45, 2.75) is 25.3 Å². The third-order valence-corrected chi connectivity index (χ3v) is 5.67. The molecule has 0 saturated heterocycles. The van der Waals surface area contributed by atoms with E-state index in [1.54, 1.807) is 18.4 Å². The van der Waals surface area contributed by atoms with E-state index in [1.165, 1.54) is 4.88 Å². The number of aromatic nitrogens is 1. The number of hydrogen-bond donors (Lipinski definition) is 2. The summed E-state index contributed by atoms with van der Waals surface area (Å²) < 4.78 is 12.1. The summed E-state index contributed by atoms with van der Waals surface area (Å²) in [6, 6.07) is 9.51. The van der Waals surface area contributed by atoms with E-state index in [9.17, 15) is 4.21 Å². The Labute approximate surface area is 143 Å². The predicted molar refractivity (Wildman–Crippen MR) is 97.5 cm³/mol. The zero-order chi connectivity index (χ0) is 16.7. The molecule has 1 unspecified atom stereocenters. The van der Waals surface area contributed by atoms with Gasteiger partial charge in [0.05, 0.1) is 28.0 Å². The van der Waals surface area contributed by atoms with Crippen molar-refractivity contribution in [3.05, 3.63) is 45.9 Å². The Morgan fingerprint density at radius 1 is 1.26 bits per heavy atom. The molecular formula is C16H22N4OS2. The van der Waals surface area contributed by atoms with E-state index in [4.69, 9.17) is 0 Å². The second-order valence-corrected chi connectivity index (χ2v) is 7.82. The molecule has 23 heavy (non-hydrogen) atoms. The molecule has 2 rings (SSSR count). The van der Waals surface area contributed by atoms with Gasteiger partial charge in [-0.25, -0.2) is 4.98 Å². The first-order valence-corrected chi connectivity index (χ1v) is 9.54. The van der Waals surface area contributed by atoms with Gasteiger partial charge in [-0.15, -0.1) is 11.3 Å². The van der Waals surface area contributed by atoms with Crippen molar-refractivity contribution in [2.24, 2.45) is 4.99 Å². The Bertz CT molecular complexity index is 683. The molecule has 0 aliphatic rings. The molecule has 0 fully saturated rings. The third kappa shape index (κ3) is 5.44. The van der Waals surface area contributed by atoms with Crippen molar-refractivity contribution in [1.82, 2.24) is 15.6 Å². The second-order valence-electron chi connectivity index (χ2n) is 4.96. The first-order valence-electron chi connectivity index (χ1n) is 7.41. The molecule has 0 aliphatic carbocycles. The van der Waals surface area contributed by atoms with Crippen LogP contribution in [0.2, 0.25) is 0 Å². The number of aryl methyl sites for hydroxylation is 2. The highest BCUT2D eigenvalue weighted by atomic mass is 32.2. The second kappa shape index (κ2) is 8.79. The molecule has 124 valence electrons. The summed E-state index contributed by atoms with van der Waals surface area (Å²) in [5, 5.41) is 7.53. The number of benzene rings is 1. The fourth-order valence-electron chi connectivity index (χ4n) is 2.07. The predicted octanol–water partition coefficient (Wildman–Crippen LogP) is 2.23. The van der Waals surface area contributed by atoms with Crippen LogP contribution in [0.25, 0.3) is 0 Å². The van der Waals surface area contributed by atoms with Crippen LogP contribution in [0.5, 0.6) is 0 Å². The van der Waals surface area contributed by atoms with Gasteiger partial charge in [0.25, 0.3) is 0 Å². The highest BCUT2D eigenvalue weighted by Crippen LogP contribution is 2.16. The minimum absolute atomic E-state index is 0.545. The molecule has 2 N–H and O–H groups in total. The number of rotatable bonds is 6. The van der Waals surface area contributed by atoms with Gasteiger partial charge >= 0.3 is 0 Å². The van der Waals surface area contributed by atoms with Crippen molar-refractivity contribution < 1.29 is 4.21 Å². The fraction of sp³-hybridized carbons (Fsp3) is 0.375. The van der Waals surface area contributed by atoms with Crippen LogP contribution in [-0.2, 0) is 17.3 Å². The summed E-state index contributed by atoms with van der Waals surface area (Å²) in [7, 11) is 0.735. The van der Waals surface area contributed by atoms with Crippen LogP contribution >= 0.6 is 11.3 Å². The summed E-state index contributed by atoms with van der Waals surface area (Å²) >= 11 is 1.69. The van der Waals surface area contributed by atoms with E-state index in [1.807, 2.05) is 44.2 Å². The summed E-state index contributed by atoms with van der Waals surface area (Å²) in [6.07, 6.45) is 0. The molecule has 1 heterocycles. The number of guanidine groups is 1. The maximum Gasteiger partial charge on any atom is 0.191 e. The molecule has 5 nitrogen and oxygen atoms in total. The molecule has 1 aromatic heterocycles. The first kappa shape index (κ1) is 17.6. The van der Waals surface area contributed by atoms with Gasteiger partial charge in [-0.3, -0.25) is 9.20 Å². The lowest BCUT2D eigenvalue weighted by atomic mass is 10.4. The minimum Gasteiger partial charge on any atom is -0.355 e. The molecule has 0 bridgehead atoms. The summed E-state index contributed by atoms with van der Waals surface area (Å²) in [5.74, 6) is 1.25. The molecule has 0 radical (unpaired) electrons. The van der Waals surface area contributed by atoms with E-state index in [-0.39, 0.29) is 0 Å². The average Bonchev–Trinajstić information content (AvgIpc) is 2.89. The molecule has 1 aromatic carbocycles. The Balaban J connectivity index is 1.77. The van der Waals surface area contributed by atoms with Gasteiger partial charge in [0.2, 0.25) is 0 Å². The lowest BCUT2D eigenvalue weighted by molar-refractivity contribution is 0.681. The van der Waals surface area contributed by atoms with E-state index < -0.39 is 10.8 Å². The lowest BCUT2D eigenvalue weighted by Crippen LogP contribution is -2.38. The van der Waals surface area contributed by atoms with Crippen molar-refractivity contribution in [1.29, 1.82) is 0 Å². The van der Waals surface area contributed by atoms with Crippen molar-refractivity contribution in [3.8, 4) is 0 Å². The topological polar surface area (TPSA) is 66.4 Å². The van der Waals surface area contributed by atoms with Crippen LogP contribution in [-0.4, -0.2) is 34.5 Å². The number of thiazole rings is 1. The monoisotopic (exact) mass is 350 g/mol. The van der Waals surface area contributed by atoms with E-state index >= 15 is 0 Å². The quantitative estimate of drug-likeness (QED) is 0.619. The third-order valence-electron chi connectivity index (χ3n) is 3.23. The highest BCUT2D eigenvalue weighted by molar-refractivity contribution is 7.85. The molecule has 0 saturated carbocycles. The number of aliphatic imine (C=N–C) groups is 1. The summed E-state index contributed by atoms with van der Waals surface area (Å²) in [5.41, 5.74) is 1.06.